The van der Waals surface area contributed by atoms with Crippen molar-refractivity contribution < 1.29 is 13.9 Å². The molecule has 0 aliphatic carbocycles. The van der Waals surface area contributed by atoms with Crippen LogP contribution in [-0.4, -0.2) is 17.1 Å². The summed E-state index contributed by atoms with van der Waals surface area (Å²) in [5.74, 6) is 0.110. The fourth-order valence-corrected chi connectivity index (χ4v) is 5.88. The standard InChI is InChI=1S/C28H24N2O4S2/c1-4-33-27(32)24-18(3)29-28-30(25(24)19-12-10-17(2)11-13-19)26(31)22(36-28)16-20-14-15-23(34-20)35-21-8-6-5-7-9-21/h5-16,25H,4H2,1-3H3/b22-16+/t25-/m1/s1. The quantitative estimate of drug-likeness (QED) is 0.343. The third kappa shape index (κ3) is 4.74. The molecular formula is C28H24N2O4S2. The molecule has 1 atom stereocenters. The van der Waals surface area contributed by atoms with E-state index >= 15 is 0 Å². The first kappa shape index (κ1) is 24.1. The molecule has 4 aromatic rings. The van der Waals surface area contributed by atoms with Gasteiger partial charge in [-0.05, 0) is 50.6 Å². The van der Waals surface area contributed by atoms with Gasteiger partial charge in [0, 0.05) is 11.0 Å². The Morgan fingerprint density at radius 3 is 2.58 bits per heavy atom. The zero-order chi connectivity index (χ0) is 25.2. The molecule has 6 nitrogen and oxygen atoms in total. The summed E-state index contributed by atoms with van der Waals surface area (Å²) in [6.07, 6.45) is 1.73. The molecule has 0 saturated carbocycles. The van der Waals surface area contributed by atoms with Gasteiger partial charge >= 0.3 is 5.97 Å². The Kier molecular flexibility index (Phi) is 6.80. The number of esters is 1. The number of carbonyl (C=O) groups is 1. The van der Waals surface area contributed by atoms with Crippen LogP contribution in [0, 0.1) is 6.92 Å². The van der Waals surface area contributed by atoms with Gasteiger partial charge < -0.3 is 9.15 Å². The van der Waals surface area contributed by atoms with Crippen LogP contribution in [0.2, 0.25) is 0 Å². The van der Waals surface area contributed by atoms with Gasteiger partial charge in [0.2, 0.25) is 0 Å². The largest absolute Gasteiger partial charge is 0.463 e. The topological polar surface area (TPSA) is 73.8 Å². The molecular weight excluding hydrogens is 492 g/mol. The van der Waals surface area contributed by atoms with Gasteiger partial charge in [0.05, 0.1) is 28.5 Å². The van der Waals surface area contributed by atoms with Crippen molar-refractivity contribution >= 4 is 35.1 Å². The third-order valence-corrected chi connectivity index (χ3v) is 7.66. The summed E-state index contributed by atoms with van der Waals surface area (Å²) in [5.41, 5.74) is 2.61. The average Bonchev–Trinajstić information content (AvgIpc) is 3.43. The maximum atomic E-state index is 13.7. The van der Waals surface area contributed by atoms with Crippen LogP contribution < -0.4 is 14.9 Å². The lowest BCUT2D eigenvalue weighted by molar-refractivity contribution is -0.139. The molecule has 0 spiro atoms. The summed E-state index contributed by atoms with van der Waals surface area (Å²) in [7, 11) is 0. The second kappa shape index (κ2) is 10.2. The van der Waals surface area contributed by atoms with E-state index in [4.69, 9.17) is 9.15 Å². The Bertz CT molecular complexity index is 1630. The Morgan fingerprint density at radius 2 is 1.86 bits per heavy atom. The average molecular weight is 517 g/mol. The molecule has 36 heavy (non-hydrogen) atoms. The Morgan fingerprint density at radius 1 is 1.11 bits per heavy atom. The minimum Gasteiger partial charge on any atom is -0.463 e. The number of hydrogen-bond donors (Lipinski definition) is 0. The number of thiazole rings is 1. The molecule has 0 fully saturated rings. The second-order valence-electron chi connectivity index (χ2n) is 8.28. The van der Waals surface area contributed by atoms with Gasteiger partial charge in [0.1, 0.15) is 5.76 Å². The van der Waals surface area contributed by atoms with Crippen LogP contribution in [0.25, 0.3) is 6.08 Å². The Labute approximate surface area is 216 Å². The third-order valence-electron chi connectivity index (χ3n) is 5.75. The predicted molar refractivity (Wildman–Crippen MR) is 141 cm³/mol. The minimum atomic E-state index is -0.621. The smallest absolute Gasteiger partial charge is 0.338 e. The highest BCUT2D eigenvalue weighted by molar-refractivity contribution is 7.99. The molecule has 2 aromatic heterocycles. The lowest BCUT2D eigenvalue weighted by Gasteiger charge is -2.24. The van der Waals surface area contributed by atoms with Crippen LogP contribution >= 0.6 is 23.1 Å². The van der Waals surface area contributed by atoms with Gasteiger partial charge in [-0.1, -0.05) is 71.1 Å². The summed E-state index contributed by atoms with van der Waals surface area (Å²) in [5, 5.41) is 0.734. The fourth-order valence-electron chi connectivity index (χ4n) is 4.06. The van der Waals surface area contributed by atoms with Crippen molar-refractivity contribution in [3.8, 4) is 0 Å². The monoisotopic (exact) mass is 516 g/mol. The van der Waals surface area contributed by atoms with Gasteiger partial charge in [-0.25, -0.2) is 9.79 Å². The molecule has 0 saturated heterocycles. The number of hydrogen-bond acceptors (Lipinski definition) is 7. The summed E-state index contributed by atoms with van der Waals surface area (Å²) in [6, 6.07) is 20.9. The number of ether oxygens (including phenoxy) is 1. The van der Waals surface area contributed by atoms with E-state index in [0.29, 0.717) is 26.4 Å². The van der Waals surface area contributed by atoms with Crippen molar-refractivity contribution in [2.45, 2.75) is 36.8 Å². The van der Waals surface area contributed by atoms with E-state index in [0.717, 1.165) is 21.1 Å². The lowest BCUT2D eigenvalue weighted by atomic mass is 9.95. The zero-order valence-electron chi connectivity index (χ0n) is 20.1. The number of aromatic nitrogens is 1. The summed E-state index contributed by atoms with van der Waals surface area (Å²) < 4.78 is 13.4. The normalized spacial score (nSPS) is 15.5. The van der Waals surface area contributed by atoms with Crippen LogP contribution in [0.1, 0.15) is 36.8 Å². The number of fused-ring (bicyclic) bond motifs is 1. The van der Waals surface area contributed by atoms with Crippen molar-refractivity contribution in [1.29, 1.82) is 0 Å². The molecule has 0 N–H and O–H groups in total. The number of nitrogens with zero attached hydrogens (tertiary/aromatic N) is 2. The molecule has 1 aliphatic heterocycles. The van der Waals surface area contributed by atoms with E-state index < -0.39 is 12.0 Å². The van der Waals surface area contributed by atoms with Crippen LogP contribution in [0.5, 0.6) is 0 Å². The summed E-state index contributed by atoms with van der Waals surface area (Å²) in [6.45, 7) is 5.78. The number of benzene rings is 2. The van der Waals surface area contributed by atoms with E-state index in [-0.39, 0.29) is 12.2 Å². The first-order valence-electron chi connectivity index (χ1n) is 11.5. The van der Waals surface area contributed by atoms with Crippen LogP contribution in [0.15, 0.2) is 102 Å². The van der Waals surface area contributed by atoms with Gasteiger partial charge in [-0.15, -0.1) is 0 Å². The highest BCUT2D eigenvalue weighted by atomic mass is 32.2. The molecule has 0 radical (unpaired) electrons. The highest BCUT2D eigenvalue weighted by Crippen LogP contribution is 2.31. The van der Waals surface area contributed by atoms with Crippen molar-refractivity contribution in [3.05, 3.63) is 115 Å². The van der Waals surface area contributed by atoms with Crippen LogP contribution in [0.4, 0.5) is 0 Å². The number of aryl methyl sites for hydroxylation is 1. The highest BCUT2D eigenvalue weighted by Gasteiger charge is 2.33. The summed E-state index contributed by atoms with van der Waals surface area (Å²) >= 11 is 2.79. The molecule has 8 heteroatoms. The van der Waals surface area contributed by atoms with Crippen molar-refractivity contribution in [3.63, 3.8) is 0 Å². The zero-order valence-corrected chi connectivity index (χ0v) is 21.7. The number of allylic oxidation sites excluding steroid dienone is 1. The summed E-state index contributed by atoms with van der Waals surface area (Å²) in [4.78, 5) is 32.8. The predicted octanol–water partition coefficient (Wildman–Crippen LogP) is 4.85. The van der Waals surface area contributed by atoms with Gasteiger partial charge in [0.25, 0.3) is 5.56 Å². The van der Waals surface area contributed by atoms with E-state index in [1.54, 1.807) is 24.5 Å². The van der Waals surface area contributed by atoms with E-state index in [1.165, 1.54) is 23.1 Å². The Hall–Kier alpha value is -3.62. The molecule has 5 rings (SSSR count). The van der Waals surface area contributed by atoms with Crippen molar-refractivity contribution in [2.24, 2.45) is 4.99 Å². The van der Waals surface area contributed by atoms with Gasteiger partial charge in [-0.3, -0.25) is 9.36 Å². The van der Waals surface area contributed by atoms with Crippen LogP contribution in [0.3, 0.4) is 0 Å². The molecule has 0 unspecified atom stereocenters. The van der Waals surface area contributed by atoms with Crippen LogP contribution in [-0.2, 0) is 9.53 Å². The SMILES string of the molecule is CCOC(=O)C1=C(C)N=c2s/c(=C/c3ccc(Sc4ccccc4)o3)c(=O)n2[C@@H]1c1ccc(C)cc1. The molecule has 3 heterocycles. The van der Waals surface area contributed by atoms with E-state index in [9.17, 15) is 9.59 Å². The van der Waals surface area contributed by atoms with E-state index in [2.05, 4.69) is 4.99 Å². The molecule has 0 amide bonds. The fraction of sp³-hybridized carbons (Fsp3) is 0.179. The number of furan rings is 1. The maximum absolute atomic E-state index is 13.7. The van der Waals surface area contributed by atoms with E-state index in [1.807, 2.05) is 73.7 Å². The Balaban J connectivity index is 1.59. The van der Waals surface area contributed by atoms with Gasteiger partial charge in [0.15, 0.2) is 9.89 Å². The van der Waals surface area contributed by atoms with Crippen molar-refractivity contribution in [2.75, 3.05) is 6.61 Å². The lowest BCUT2D eigenvalue weighted by Crippen LogP contribution is -2.39. The molecule has 2 aromatic carbocycles. The molecule has 1 aliphatic rings. The first-order chi connectivity index (χ1) is 17.4. The molecule has 182 valence electrons. The number of rotatable bonds is 6. The minimum absolute atomic E-state index is 0.229. The van der Waals surface area contributed by atoms with Crippen molar-refractivity contribution in [1.82, 2.24) is 4.57 Å². The first-order valence-corrected chi connectivity index (χ1v) is 13.2. The maximum Gasteiger partial charge on any atom is 0.338 e. The van der Waals surface area contributed by atoms with Gasteiger partial charge in [-0.2, -0.15) is 0 Å². The number of carbonyl (C=O) groups excluding carboxylic acids is 1. The molecule has 0 bridgehead atoms. The second-order valence-corrected chi connectivity index (χ2v) is 10.4.